The van der Waals surface area contributed by atoms with Crippen molar-refractivity contribution in [3.63, 3.8) is 0 Å². The molecule has 2 saturated heterocycles. The average molecular weight is 495 g/mol. The molecule has 0 aromatic heterocycles. The lowest BCUT2D eigenvalue weighted by Gasteiger charge is -2.36. The first kappa shape index (κ1) is 26.5. The van der Waals surface area contributed by atoms with Crippen LogP contribution in [0.2, 0.25) is 0 Å². The van der Waals surface area contributed by atoms with Crippen molar-refractivity contribution in [1.82, 2.24) is 9.21 Å². The topological polar surface area (TPSA) is 93.2 Å². The van der Waals surface area contributed by atoms with Crippen molar-refractivity contribution < 1.29 is 27.5 Å². The van der Waals surface area contributed by atoms with Gasteiger partial charge in [0.2, 0.25) is 10.0 Å². The molecule has 0 saturated carbocycles. The van der Waals surface area contributed by atoms with Crippen molar-refractivity contribution in [1.29, 1.82) is 0 Å². The first-order valence-electron chi connectivity index (χ1n) is 12.3. The fraction of sp³-hybridized carbons (Fsp3) is 0.680. The molecule has 2 aliphatic heterocycles. The first-order valence-corrected chi connectivity index (χ1v) is 13.7. The van der Waals surface area contributed by atoms with Crippen LogP contribution in [0.3, 0.4) is 0 Å². The van der Waals surface area contributed by atoms with E-state index in [1.165, 1.54) is 29.6 Å². The zero-order chi connectivity index (χ0) is 25.0. The predicted molar refractivity (Wildman–Crippen MR) is 129 cm³/mol. The van der Waals surface area contributed by atoms with Crippen molar-refractivity contribution in [2.75, 3.05) is 26.7 Å². The van der Waals surface area contributed by atoms with Crippen molar-refractivity contribution in [2.45, 2.75) is 76.8 Å². The van der Waals surface area contributed by atoms with Gasteiger partial charge in [0.05, 0.1) is 12.7 Å². The van der Waals surface area contributed by atoms with E-state index in [-0.39, 0.29) is 40.0 Å². The smallest absolute Gasteiger partial charge is 0.338 e. The van der Waals surface area contributed by atoms with Crippen LogP contribution in [0, 0.1) is 11.8 Å². The maximum Gasteiger partial charge on any atom is 0.338 e. The average Bonchev–Trinajstić information content (AvgIpc) is 2.82. The van der Waals surface area contributed by atoms with Crippen LogP contribution in [0.5, 0.6) is 5.75 Å². The van der Waals surface area contributed by atoms with Gasteiger partial charge in [-0.15, -0.1) is 0 Å². The highest BCUT2D eigenvalue weighted by Gasteiger charge is 2.35. The van der Waals surface area contributed by atoms with Gasteiger partial charge in [0, 0.05) is 25.7 Å². The Kier molecular flexibility index (Phi) is 8.62. The lowest BCUT2D eigenvalue weighted by atomic mass is 9.94. The summed E-state index contributed by atoms with van der Waals surface area (Å²) in [6, 6.07) is 4.39. The second-order valence-corrected chi connectivity index (χ2v) is 11.7. The SMILES string of the molecule is CCC1CCCCN1C(=O)C(C)OC(=O)c1ccc(OC)c(S(=O)(=O)N2CC(C)CC(C)C2)c1. The summed E-state index contributed by atoms with van der Waals surface area (Å²) < 4.78 is 39.2. The van der Waals surface area contributed by atoms with E-state index >= 15 is 0 Å². The highest BCUT2D eigenvalue weighted by atomic mass is 32.2. The standard InChI is InChI=1S/C25H38N2O6S/c1-6-21-9-7-8-12-27(21)24(28)19(4)33-25(29)20-10-11-22(32-5)23(14-20)34(30,31)26-15-17(2)13-18(3)16-26/h10-11,14,17-19,21H,6-9,12-13,15-16H2,1-5H3. The summed E-state index contributed by atoms with van der Waals surface area (Å²) in [5.41, 5.74) is 0.0721. The van der Waals surface area contributed by atoms with Gasteiger partial charge < -0.3 is 14.4 Å². The van der Waals surface area contributed by atoms with E-state index in [1.807, 2.05) is 18.7 Å². The summed E-state index contributed by atoms with van der Waals surface area (Å²) >= 11 is 0. The molecule has 0 bridgehead atoms. The molecule has 4 atom stereocenters. The Morgan fingerprint density at radius 3 is 2.44 bits per heavy atom. The van der Waals surface area contributed by atoms with Crippen molar-refractivity contribution in [3.8, 4) is 5.75 Å². The van der Waals surface area contributed by atoms with E-state index in [0.717, 1.165) is 32.1 Å². The summed E-state index contributed by atoms with van der Waals surface area (Å²) in [7, 11) is -2.47. The lowest BCUT2D eigenvalue weighted by Crippen LogP contribution is -2.48. The van der Waals surface area contributed by atoms with Gasteiger partial charge >= 0.3 is 5.97 Å². The zero-order valence-corrected chi connectivity index (χ0v) is 21.8. The van der Waals surface area contributed by atoms with Gasteiger partial charge in [-0.2, -0.15) is 4.31 Å². The molecule has 1 amide bonds. The number of hydrogen-bond acceptors (Lipinski definition) is 6. The van der Waals surface area contributed by atoms with E-state index in [2.05, 4.69) is 6.92 Å². The Labute approximate surface area is 203 Å². The molecular formula is C25H38N2O6S. The largest absolute Gasteiger partial charge is 0.495 e. The molecule has 8 nitrogen and oxygen atoms in total. The number of carbonyl (C=O) groups excluding carboxylic acids is 2. The summed E-state index contributed by atoms with van der Waals surface area (Å²) in [6.45, 7) is 9.20. The molecule has 34 heavy (non-hydrogen) atoms. The molecule has 0 spiro atoms. The van der Waals surface area contributed by atoms with E-state index < -0.39 is 22.1 Å². The normalized spacial score (nSPS) is 25.0. The van der Waals surface area contributed by atoms with Gasteiger partial charge in [0.25, 0.3) is 5.91 Å². The molecule has 9 heteroatoms. The predicted octanol–water partition coefficient (Wildman–Crippen LogP) is 3.70. The molecule has 4 unspecified atom stereocenters. The molecular weight excluding hydrogens is 456 g/mol. The molecule has 3 rings (SSSR count). The minimum absolute atomic E-state index is 0.0631. The van der Waals surface area contributed by atoms with Gasteiger partial charge in [-0.25, -0.2) is 13.2 Å². The third-order valence-corrected chi connectivity index (χ3v) is 8.72. The minimum Gasteiger partial charge on any atom is -0.495 e. The second kappa shape index (κ2) is 11.1. The highest BCUT2D eigenvalue weighted by Crippen LogP contribution is 2.32. The number of nitrogens with zero attached hydrogens (tertiary/aromatic N) is 2. The Bertz CT molecular complexity index is 985. The van der Waals surface area contributed by atoms with Crippen LogP contribution in [0.15, 0.2) is 23.1 Å². The van der Waals surface area contributed by atoms with Gasteiger partial charge in [-0.1, -0.05) is 20.8 Å². The number of likely N-dealkylation sites (tertiary alicyclic amines) is 1. The Hall–Kier alpha value is -2.13. The molecule has 0 aliphatic carbocycles. The highest BCUT2D eigenvalue weighted by molar-refractivity contribution is 7.89. The lowest BCUT2D eigenvalue weighted by molar-refractivity contribution is -0.143. The number of sulfonamides is 1. The Morgan fingerprint density at radius 2 is 1.82 bits per heavy atom. The van der Waals surface area contributed by atoms with Gasteiger partial charge in [-0.3, -0.25) is 4.79 Å². The summed E-state index contributed by atoms with van der Waals surface area (Å²) in [4.78, 5) is 27.6. The maximum absolute atomic E-state index is 13.5. The van der Waals surface area contributed by atoms with E-state index in [1.54, 1.807) is 6.92 Å². The minimum atomic E-state index is -3.87. The number of rotatable bonds is 7. The quantitative estimate of drug-likeness (QED) is 0.537. The summed E-state index contributed by atoms with van der Waals surface area (Å²) in [6.07, 6.45) is 3.86. The van der Waals surface area contributed by atoms with Crippen LogP contribution >= 0.6 is 0 Å². The fourth-order valence-corrected chi connectivity index (χ4v) is 7.04. The first-order chi connectivity index (χ1) is 16.1. The number of benzene rings is 1. The van der Waals surface area contributed by atoms with Gasteiger partial charge in [0.15, 0.2) is 6.10 Å². The zero-order valence-electron chi connectivity index (χ0n) is 21.0. The number of methoxy groups -OCH3 is 1. The number of ether oxygens (including phenoxy) is 2. The summed E-state index contributed by atoms with van der Waals surface area (Å²) in [5.74, 6) is -0.286. The van der Waals surface area contributed by atoms with Crippen LogP contribution in [0.25, 0.3) is 0 Å². The Balaban J connectivity index is 1.80. The molecule has 0 N–H and O–H groups in total. The van der Waals surface area contributed by atoms with Crippen molar-refractivity contribution >= 4 is 21.9 Å². The third-order valence-electron chi connectivity index (χ3n) is 6.87. The Morgan fingerprint density at radius 1 is 1.15 bits per heavy atom. The number of carbonyl (C=O) groups is 2. The number of piperidine rings is 2. The van der Waals surface area contributed by atoms with Crippen LogP contribution in [-0.4, -0.2) is 68.4 Å². The molecule has 0 radical (unpaired) electrons. The van der Waals surface area contributed by atoms with Crippen LogP contribution in [0.1, 0.15) is 70.2 Å². The number of amides is 1. The van der Waals surface area contributed by atoms with Gasteiger partial charge in [-0.05, 0) is 69.1 Å². The van der Waals surface area contributed by atoms with Crippen molar-refractivity contribution in [2.24, 2.45) is 11.8 Å². The molecule has 1 aromatic rings. The maximum atomic E-state index is 13.5. The fourth-order valence-electron chi connectivity index (χ4n) is 5.17. The van der Waals surface area contributed by atoms with E-state index in [4.69, 9.17) is 9.47 Å². The van der Waals surface area contributed by atoms with E-state index in [0.29, 0.717) is 19.6 Å². The molecule has 2 heterocycles. The molecule has 1 aromatic carbocycles. The molecule has 2 aliphatic rings. The number of esters is 1. The molecule has 2 fully saturated rings. The van der Waals surface area contributed by atoms with Gasteiger partial charge in [0.1, 0.15) is 10.6 Å². The summed E-state index contributed by atoms with van der Waals surface area (Å²) in [5, 5.41) is 0. The van der Waals surface area contributed by atoms with Crippen LogP contribution < -0.4 is 4.74 Å². The van der Waals surface area contributed by atoms with E-state index in [9.17, 15) is 18.0 Å². The second-order valence-electron chi connectivity index (χ2n) is 9.77. The number of hydrogen-bond donors (Lipinski definition) is 0. The third kappa shape index (κ3) is 5.74. The van der Waals surface area contributed by atoms with Crippen LogP contribution in [0.4, 0.5) is 0 Å². The molecule has 190 valence electrons. The van der Waals surface area contributed by atoms with Crippen LogP contribution in [-0.2, 0) is 19.6 Å². The van der Waals surface area contributed by atoms with Crippen molar-refractivity contribution in [3.05, 3.63) is 23.8 Å². The monoisotopic (exact) mass is 494 g/mol.